The minimum absolute atomic E-state index is 0. The summed E-state index contributed by atoms with van der Waals surface area (Å²) in [5.41, 5.74) is 0. The molecule has 0 rings (SSSR count). The Morgan fingerprint density at radius 1 is 1.00 bits per heavy atom. The van der Waals surface area contributed by atoms with Gasteiger partial charge in [-0.15, -0.1) is 13.2 Å². The average molecular weight is 74.1 g/mol. The molecular weight excluding hydrogens is 66.0 g/mol. The molecule has 0 fully saturated rings. The SMILES string of the molecule is C.C=C.[N].[O]. The number of hydrogen-bond donors (Lipinski definition) is 0. The van der Waals surface area contributed by atoms with E-state index in [0.717, 1.165) is 0 Å². The van der Waals surface area contributed by atoms with Crippen molar-refractivity contribution in [3.8, 4) is 0 Å². The van der Waals surface area contributed by atoms with Gasteiger partial charge in [0.1, 0.15) is 0 Å². The average Bonchev–Trinajstić information content (AvgIpc) is 1.00. The zero-order valence-corrected chi connectivity index (χ0v) is 2.27. The Morgan fingerprint density at radius 3 is 1.00 bits per heavy atom. The van der Waals surface area contributed by atoms with Crippen molar-refractivity contribution in [2.24, 2.45) is 0 Å². The first-order chi connectivity index (χ1) is 1.00. The fraction of sp³-hybridized carbons (Fsp3) is 0.333. The summed E-state index contributed by atoms with van der Waals surface area (Å²) in [6.07, 6.45) is 0. The minimum atomic E-state index is 0. The summed E-state index contributed by atoms with van der Waals surface area (Å²) in [6.45, 7) is 6.00. The maximum atomic E-state index is 3.00. The molecule has 5 radical (unpaired) electrons. The third kappa shape index (κ3) is 87.2. The predicted octanol–water partition coefficient (Wildman–Crippen LogP) is 0.839. The molecule has 0 aliphatic heterocycles. The van der Waals surface area contributed by atoms with Gasteiger partial charge < -0.3 is 0 Å². The van der Waals surface area contributed by atoms with Crippen molar-refractivity contribution in [2.45, 2.75) is 7.43 Å². The molecule has 0 heterocycles. The Labute approximate surface area is 33.4 Å². The minimum Gasteiger partial charge on any atom is -0.106 e. The van der Waals surface area contributed by atoms with Crippen molar-refractivity contribution in [3.05, 3.63) is 13.2 Å². The van der Waals surface area contributed by atoms with Crippen molar-refractivity contribution in [1.82, 2.24) is 6.15 Å². The first-order valence-corrected chi connectivity index (χ1v) is 0.500. The van der Waals surface area contributed by atoms with E-state index in [4.69, 9.17) is 0 Å². The molecule has 0 unspecified atom stereocenters. The lowest BCUT2D eigenvalue weighted by atomic mass is 11.3. The van der Waals surface area contributed by atoms with Crippen molar-refractivity contribution >= 4 is 0 Å². The third-order valence-electron chi connectivity index (χ3n) is 0. The van der Waals surface area contributed by atoms with Crippen molar-refractivity contribution in [1.29, 1.82) is 0 Å². The summed E-state index contributed by atoms with van der Waals surface area (Å²) in [7, 11) is 0. The van der Waals surface area contributed by atoms with Gasteiger partial charge in [0, 0.05) is 11.6 Å². The first kappa shape index (κ1) is 143. The molecular formula is C3H8NO. The Kier molecular flexibility index (Phi) is 6420. The largest absolute Gasteiger partial charge is 0.106 e. The van der Waals surface area contributed by atoms with Crippen LogP contribution in [-0.2, 0) is 5.48 Å². The summed E-state index contributed by atoms with van der Waals surface area (Å²) >= 11 is 0. The van der Waals surface area contributed by atoms with Gasteiger partial charge >= 0.3 is 0 Å². The first-order valence-electron chi connectivity index (χ1n) is 0.500. The Hall–Kier alpha value is -0.340. The highest BCUT2D eigenvalue weighted by molar-refractivity contribution is 4.22. The van der Waals surface area contributed by atoms with Crippen LogP contribution in [0.15, 0.2) is 13.2 Å². The topological polar surface area (TPSA) is 59.0 Å². The van der Waals surface area contributed by atoms with Gasteiger partial charge in [-0.25, -0.2) is 0 Å². The lowest BCUT2D eigenvalue weighted by molar-refractivity contribution is 0.686. The van der Waals surface area contributed by atoms with Crippen LogP contribution in [0.5, 0.6) is 0 Å². The van der Waals surface area contributed by atoms with E-state index in [2.05, 4.69) is 13.2 Å². The van der Waals surface area contributed by atoms with E-state index in [1.165, 1.54) is 0 Å². The van der Waals surface area contributed by atoms with E-state index in [1.54, 1.807) is 0 Å². The van der Waals surface area contributed by atoms with E-state index in [-0.39, 0.29) is 19.1 Å². The molecule has 0 aliphatic carbocycles. The fourth-order valence-electron chi connectivity index (χ4n) is 0. The van der Waals surface area contributed by atoms with Crippen molar-refractivity contribution < 1.29 is 5.48 Å². The van der Waals surface area contributed by atoms with Crippen LogP contribution in [0.1, 0.15) is 7.43 Å². The molecule has 2 nitrogen and oxygen atoms in total. The number of hydrogen-bond acceptors (Lipinski definition) is 0. The molecule has 0 aromatic heterocycles. The molecule has 0 aromatic carbocycles. The van der Waals surface area contributed by atoms with Crippen LogP contribution in [0.25, 0.3) is 0 Å². The highest BCUT2D eigenvalue weighted by Gasteiger charge is 0.601. The molecule has 0 spiro atoms. The lowest BCUT2D eigenvalue weighted by Crippen LogP contribution is -0.552. The van der Waals surface area contributed by atoms with Gasteiger partial charge in [-0.2, -0.15) is 0 Å². The second-order valence-corrected chi connectivity index (χ2v) is 0. The zero-order valence-electron chi connectivity index (χ0n) is 2.27. The lowest BCUT2D eigenvalue weighted by Gasteiger charge is -0.813. The van der Waals surface area contributed by atoms with Gasteiger partial charge in [-0.1, -0.05) is 7.43 Å². The van der Waals surface area contributed by atoms with Crippen LogP contribution in [0, 0.1) is 0 Å². The van der Waals surface area contributed by atoms with Crippen LogP contribution in [0.4, 0.5) is 0 Å². The summed E-state index contributed by atoms with van der Waals surface area (Å²) in [4.78, 5) is 0. The van der Waals surface area contributed by atoms with Crippen LogP contribution < -0.4 is 6.15 Å². The molecule has 0 aromatic rings. The summed E-state index contributed by atoms with van der Waals surface area (Å²) in [5.74, 6) is 0. The summed E-state index contributed by atoms with van der Waals surface area (Å²) in [5, 5.41) is 0. The Bertz CT molecular complexity index is 6.85. The molecule has 31 valence electrons. The van der Waals surface area contributed by atoms with Gasteiger partial charge in [-0.05, 0) is 0 Å². The van der Waals surface area contributed by atoms with Gasteiger partial charge in [0.15, 0.2) is 0 Å². The van der Waals surface area contributed by atoms with Gasteiger partial charge in [0.25, 0.3) is 0 Å². The molecule has 0 saturated carbocycles. The second kappa shape index (κ2) is 224. The molecule has 2 heteroatoms. The van der Waals surface area contributed by atoms with Gasteiger partial charge in [-0.3, -0.25) is 0 Å². The molecule has 0 N–H and O–H groups in total. The van der Waals surface area contributed by atoms with Crippen LogP contribution in [0.3, 0.4) is 0 Å². The second-order valence-electron chi connectivity index (χ2n) is 0. The van der Waals surface area contributed by atoms with Crippen LogP contribution in [0.2, 0.25) is 0 Å². The summed E-state index contributed by atoms with van der Waals surface area (Å²) < 4.78 is 0. The zero-order chi connectivity index (χ0) is 2.00. The van der Waals surface area contributed by atoms with E-state index >= 15 is 0 Å². The Balaban J connectivity index is -0.00000000167. The van der Waals surface area contributed by atoms with E-state index in [0.29, 0.717) is 0 Å². The molecule has 0 aliphatic rings. The highest BCUT2D eigenvalue weighted by Crippen LogP contribution is 0.862. The van der Waals surface area contributed by atoms with Crippen LogP contribution in [-0.4, -0.2) is 0 Å². The highest BCUT2D eigenvalue weighted by atomic mass is 16.0. The van der Waals surface area contributed by atoms with Crippen LogP contribution >= 0.6 is 0 Å². The molecule has 0 amide bonds. The molecule has 0 atom stereocenters. The van der Waals surface area contributed by atoms with E-state index < -0.39 is 0 Å². The normalized spacial score (nSPS) is 0.800. The molecule has 0 bridgehead atoms. The third-order valence-corrected chi connectivity index (χ3v) is 0. The summed E-state index contributed by atoms with van der Waals surface area (Å²) in [6, 6.07) is 0. The van der Waals surface area contributed by atoms with Gasteiger partial charge in [0.2, 0.25) is 0 Å². The maximum absolute atomic E-state index is 3.00. The monoisotopic (exact) mass is 74.1 g/mol. The quantitative estimate of drug-likeness (QED) is 0.382. The molecule has 0 saturated heterocycles. The standard InChI is InChI=1S/C2H4.CH4.N.O/c1-2;;;/h1-2H2;1H4;;. The van der Waals surface area contributed by atoms with Crippen molar-refractivity contribution in [2.75, 3.05) is 0 Å². The fourth-order valence-corrected chi connectivity index (χ4v) is 0. The van der Waals surface area contributed by atoms with E-state index in [1.807, 2.05) is 0 Å². The molecule has 5 heavy (non-hydrogen) atoms. The van der Waals surface area contributed by atoms with Crippen molar-refractivity contribution in [3.63, 3.8) is 0 Å². The van der Waals surface area contributed by atoms with Gasteiger partial charge in [0.05, 0.1) is 0 Å². The maximum Gasteiger partial charge on any atom is 0 e. The Morgan fingerprint density at radius 2 is 1.00 bits per heavy atom. The van der Waals surface area contributed by atoms with E-state index in [9.17, 15) is 0 Å². The number of nitrogens with zero attached hydrogens (tertiary/aromatic N) is 1. The number of rotatable bonds is 0. The smallest absolute Gasteiger partial charge is 0 e. The predicted molar refractivity (Wildman–Crippen MR) is 20.8 cm³/mol.